The topological polar surface area (TPSA) is 71.8 Å². The Morgan fingerprint density at radius 1 is 1.23 bits per heavy atom. The summed E-state index contributed by atoms with van der Waals surface area (Å²) < 4.78 is 10.7. The van der Waals surface area contributed by atoms with Gasteiger partial charge in [-0.3, -0.25) is 9.69 Å². The number of ether oxygens (including phenoxy) is 1. The lowest BCUT2D eigenvalue weighted by Gasteiger charge is -2.30. The first kappa shape index (κ1) is 17.2. The smallest absolute Gasteiger partial charge is 0.349 e. The summed E-state index contributed by atoms with van der Waals surface area (Å²) in [5.41, 5.74) is 0.866. The van der Waals surface area contributed by atoms with Crippen molar-refractivity contribution < 1.29 is 13.9 Å². The van der Waals surface area contributed by atoms with Gasteiger partial charge in [-0.2, -0.15) is 0 Å². The van der Waals surface area contributed by atoms with E-state index in [4.69, 9.17) is 9.15 Å². The summed E-state index contributed by atoms with van der Waals surface area (Å²) in [6.45, 7) is 6.82. The molecule has 4 rings (SSSR count). The maximum Gasteiger partial charge on any atom is 0.349 e. The lowest BCUT2D eigenvalue weighted by Crippen LogP contribution is -2.43. The maximum atomic E-state index is 12.7. The number of hydrogen-bond acceptors (Lipinski definition) is 5. The molecule has 2 heterocycles. The molecule has 1 amide bonds. The highest BCUT2D eigenvalue weighted by molar-refractivity contribution is 5.99. The Morgan fingerprint density at radius 3 is 2.69 bits per heavy atom. The van der Waals surface area contributed by atoms with Gasteiger partial charge in [0.1, 0.15) is 11.1 Å². The monoisotopic (exact) mass is 356 g/mol. The predicted molar refractivity (Wildman–Crippen MR) is 98.5 cm³/mol. The molecule has 0 unspecified atom stereocenters. The molecule has 6 nitrogen and oxygen atoms in total. The first-order chi connectivity index (χ1) is 12.6. The fourth-order valence-corrected chi connectivity index (χ4v) is 3.72. The number of aryl methyl sites for hydroxylation is 1. The molecular formula is C20H24N2O4. The summed E-state index contributed by atoms with van der Waals surface area (Å²) in [5, 5.41) is 3.78. The number of amides is 1. The normalized spacial score (nSPS) is 19.4. The quantitative estimate of drug-likeness (QED) is 0.829. The minimum atomic E-state index is -0.572. The van der Waals surface area contributed by atoms with E-state index in [0.717, 1.165) is 51.1 Å². The maximum absolute atomic E-state index is 12.7. The molecule has 6 heteroatoms. The van der Waals surface area contributed by atoms with E-state index in [1.807, 2.05) is 18.2 Å². The molecule has 2 fully saturated rings. The van der Waals surface area contributed by atoms with Crippen LogP contribution in [0.4, 0.5) is 0 Å². The lowest BCUT2D eigenvalue weighted by atomic mass is 10.0. The molecule has 1 aliphatic heterocycles. The largest absolute Gasteiger partial charge is 0.422 e. The number of nitrogens with one attached hydrogen (secondary N) is 1. The zero-order chi connectivity index (χ0) is 18.1. The van der Waals surface area contributed by atoms with Gasteiger partial charge in [-0.15, -0.1) is 0 Å². The Morgan fingerprint density at radius 2 is 1.96 bits per heavy atom. The zero-order valence-electron chi connectivity index (χ0n) is 15.0. The van der Waals surface area contributed by atoms with E-state index < -0.39 is 5.63 Å². The Hall–Kier alpha value is -2.18. The van der Waals surface area contributed by atoms with Gasteiger partial charge in [0.15, 0.2) is 0 Å². The van der Waals surface area contributed by atoms with Crippen LogP contribution in [0.15, 0.2) is 33.5 Å². The number of carbonyl (C=O) groups excluding carboxylic acids is 1. The third kappa shape index (κ3) is 3.39. The van der Waals surface area contributed by atoms with E-state index in [2.05, 4.69) is 10.2 Å². The van der Waals surface area contributed by atoms with Crippen LogP contribution >= 0.6 is 0 Å². The number of rotatable bonds is 5. The lowest BCUT2D eigenvalue weighted by molar-refractivity contribution is 0.0283. The van der Waals surface area contributed by atoms with Crippen LogP contribution in [0.3, 0.4) is 0 Å². The Bertz CT molecular complexity index is 879. The van der Waals surface area contributed by atoms with Gasteiger partial charge in [0.25, 0.3) is 5.91 Å². The minimum absolute atomic E-state index is 0.117. The number of nitrogens with zero attached hydrogens (tertiary/aromatic N) is 1. The van der Waals surface area contributed by atoms with E-state index in [0.29, 0.717) is 17.7 Å². The van der Waals surface area contributed by atoms with Gasteiger partial charge in [-0.05, 0) is 31.4 Å². The Kier molecular flexibility index (Phi) is 4.54. The highest BCUT2D eigenvalue weighted by atomic mass is 16.5. The molecule has 2 aromatic rings. The van der Waals surface area contributed by atoms with Crippen molar-refractivity contribution in [1.29, 1.82) is 0 Å². The van der Waals surface area contributed by atoms with Crippen molar-refractivity contribution in [1.82, 2.24) is 10.2 Å². The van der Waals surface area contributed by atoms with Crippen molar-refractivity contribution in [2.24, 2.45) is 5.41 Å². The molecule has 1 aromatic carbocycles. The Balaban J connectivity index is 1.47. The van der Waals surface area contributed by atoms with E-state index in [-0.39, 0.29) is 16.9 Å². The SMILES string of the molecule is Cc1c(C(=O)NCC2(CN3CCOCC3)CC2)c(=O)oc2ccccc12. The predicted octanol–water partition coefficient (Wildman–Crippen LogP) is 1.94. The van der Waals surface area contributed by atoms with Crippen molar-refractivity contribution in [3.63, 3.8) is 0 Å². The Labute approximate surface area is 152 Å². The van der Waals surface area contributed by atoms with Gasteiger partial charge in [-0.25, -0.2) is 4.79 Å². The average Bonchev–Trinajstić information content (AvgIpc) is 3.40. The van der Waals surface area contributed by atoms with Gasteiger partial charge in [0, 0.05) is 37.0 Å². The molecule has 0 radical (unpaired) electrons. The third-order valence-corrected chi connectivity index (χ3v) is 5.54. The first-order valence-corrected chi connectivity index (χ1v) is 9.19. The van der Waals surface area contributed by atoms with Gasteiger partial charge in [-0.1, -0.05) is 18.2 Å². The van der Waals surface area contributed by atoms with Crippen LogP contribution in [0, 0.1) is 12.3 Å². The molecule has 2 aliphatic rings. The summed E-state index contributed by atoms with van der Waals surface area (Å²) in [7, 11) is 0. The minimum Gasteiger partial charge on any atom is -0.422 e. The number of benzene rings is 1. The first-order valence-electron chi connectivity index (χ1n) is 9.19. The molecule has 0 spiro atoms. The van der Waals surface area contributed by atoms with Gasteiger partial charge >= 0.3 is 5.63 Å². The van der Waals surface area contributed by atoms with Gasteiger partial charge in [0.2, 0.25) is 0 Å². The number of carbonyl (C=O) groups is 1. The molecule has 1 N–H and O–H groups in total. The molecule has 1 aliphatic carbocycles. The molecule has 138 valence electrons. The summed E-state index contributed by atoms with van der Waals surface area (Å²) >= 11 is 0. The average molecular weight is 356 g/mol. The highest BCUT2D eigenvalue weighted by Crippen LogP contribution is 2.45. The highest BCUT2D eigenvalue weighted by Gasteiger charge is 2.44. The molecule has 0 atom stereocenters. The van der Waals surface area contributed by atoms with Crippen LogP contribution < -0.4 is 10.9 Å². The number of fused-ring (bicyclic) bond motifs is 1. The summed E-state index contributed by atoms with van der Waals surface area (Å²) in [4.78, 5) is 27.4. The second-order valence-electron chi connectivity index (χ2n) is 7.46. The van der Waals surface area contributed by atoms with Gasteiger partial charge < -0.3 is 14.5 Å². The van der Waals surface area contributed by atoms with E-state index in [9.17, 15) is 9.59 Å². The fraction of sp³-hybridized carbons (Fsp3) is 0.500. The second-order valence-corrected chi connectivity index (χ2v) is 7.46. The molecule has 1 aromatic heterocycles. The number of hydrogen-bond donors (Lipinski definition) is 1. The van der Waals surface area contributed by atoms with Crippen molar-refractivity contribution in [3.8, 4) is 0 Å². The van der Waals surface area contributed by atoms with E-state index in [1.54, 1.807) is 13.0 Å². The molecule has 1 saturated heterocycles. The van der Waals surface area contributed by atoms with E-state index in [1.165, 1.54) is 0 Å². The third-order valence-electron chi connectivity index (χ3n) is 5.54. The van der Waals surface area contributed by atoms with Gasteiger partial charge in [0.05, 0.1) is 13.2 Å². The van der Waals surface area contributed by atoms with Crippen molar-refractivity contribution in [2.45, 2.75) is 19.8 Å². The van der Waals surface area contributed by atoms with Crippen LogP contribution in [0.1, 0.15) is 28.8 Å². The number of morpholine rings is 1. The van der Waals surface area contributed by atoms with Crippen molar-refractivity contribution >= 4 is 16.9 Å². The summed E-state index contributed by atoms with van der Waals surface area (Å²) in [6.07, 6.45) is 2.21. The summed E-state index contributed by atoms with van der Waals surface area (Å²) in [5.74, 6) is -0.338. The van der Waals surface area contributed by atoms with E-state index >= 15 is 0 Å². The molecular weight excluding hydrogens is 332 g/mol. The summed E-state index contributed by atoms with van der Waals surface area (Å²) in [6, 6.07) is 7.30. The zero-order valence-corrected chi connectivity index (χ0v) is 15.0. The molecule has 1 saturated carbocycles. The van der Waals surface area contributed by atoms with Crippen LogP contribution in [0.25, 0.3) is 11.0 Å². The standard InChI is InChI=1S/C20H24N2O4/c1-14-15-4-2-3-5-16(15)26-19(24)17(14)18(23)21-12-20(6-7-20)13-22-8-10-25-11-9-22/h2-5H,6-13H2,1H3,(H,21,23). The van der Waals surface area contributed by atoms with Crippen molar-refractivity contribution in [3.05, 3.63) is 45.8 Å². The van der Waals surface area contributed by atoms with Crippen LogP contribution in [-0.4, -0.2) is 50.2 Å². The van der Waals surface area contributed by atoms with Crippen LogP contribution in [0.5, 0.6) is 0 Å². The molecule has 0 bridgehead atoms. The van der Waals surface area contributed by atoms with Crippen molar-refractivity contribution in [2.75, 3.05) is 39.4 Å². The van der Waals surface area contributed by atoms with Crippen LogP contribution in [-0.2, 0) is 4.74 Å². The number of para-hydroxylation sites is 1. The molecule has 26 heavy (non-hydrogen) atoms. The fourth-order valence-electron chi connectivity index (χ4n) is 3.72. The second kappa shape index (κ2) is 6.85. The van der Waals surface area contributed by atoms with Crippen LogP contribution in [0.2, 0.25) is 0 Å².